The lowest BCUT2D eigenvalue weighted by Gasteiger charge is -2.06. The monoisotopic (exact) mass is 443 g/mol. The zero-order valence-electron chi connectivity index (χ0n) is 15.5. The van der Waals surface area contributed by atoms with Crippen molar-refractivity contribution in [3.8, 4) is 0 Å². The average molecular weight is 444 g/mol. The lowest BCUT2D eigenvalue weighted by atomic mass is 10.2. The highest BCUT2D eigenvalue weighted by Gasteiger charge is 2.14. The van der Waals surface area contributed by atoms with E-state index < -0.39 is 0 Å². The third-order valence-corrected chi connectivity index (χ3v) is 7.41. The van der Waals surface area contributed by atoms with Crippen LogP contribution in [-0.2, 0) is 18.1 Å². The van der Waals surface area contributed by atoms with Gasteiger partial charge in [0.25, 0.3) is 5.69 Å². The summed E-state index contributed by atoms with van der Waals surface area (Å²) in [6.07, 6.45) is 0. The van der Waals surface area contributed by atoms with Gasteiger partial charge < -0.3 is 4.57 Å². The van der Waals surface area contributed by atoms with Gasteiger partial charge in [-0.15, -0.1) is 21.5 Å². The van der Waals surface area contributed by atoms with Crippen molar-refractivity contribution >= 4 is 50.8 Å². The first-order valence-electron chi connectivity index (χ1n) is 8.90. The number of fused-ring (bicyclic) bond motifs is 1. The second-order valence-corrected chi connectivity index (χ2v) is 9.29. The molecule has 7 nitrogen and oxygen atoms in total. The van der Waals surface area contributed by atoms with Crippen LogP contribution in [-0.4, -0.2) is 24.7 Å². The van der Waals surface area contributed by atoms with Crippen LogP contribution in [0.3, 0.4) is 0 Å². The van der Waals surface area contributed by atoms with Crippen LogP contribution in [0, 0.1) is 10.1 Å². The summed E-state index contributed by atoms with van der Waals surface area (Å²) in [4.78, 5) is 15.2. The van der Waals surface area contributed by atoms with Crippen molar-refractivity contribution in [3.63, 3.8) is 0 Å². The predicted molar refractivity (Wildman–Crippen MR) is 118 cm³/mol. The fourth-order valence-electron chi connectivity index (χ4n) is 2.80. The number of benzene rings is 2. The molecule has 0 aliphatic rings. The summed E-state index contributed by atoms with van der Waals surface area (Å²) in [7, 11) is 0. The average Bonchev–Trinajstić information content (AvgIpc) is 3.33. The quantitative estimate of drug-likeness (QED) is 0.205. The first kappa shape index (κ1) is 19.9. The van der Waals surface area contributed by atoms with Crippen LogP contribution in [0.4, 0.5) is 5.69 Å². The fraction of sp³-hybridized carbons (Fsp3) is 0.211. The highest BCUT2D eigenvalue weighted by molar-refractivity contribution is 8.00. The number of hydrogen-bond donors (Lipinski definition) is 0. The van der Waals surface area contributed by atoms with Crippen LogP contribution >= 0.6 is 34.9 Å². The topological polar surface area (TPSA) is 86.7 Å². The molecule has 0 radical (unpaired) electrons. The zero-order chi connectivity index (χ0) is 20.2. The van der Waals surface area contributed by atoms with Gasteiger partial charge in [0.1, 0.15) is 5.82 Å². The molecule has 4 aromatic rings. The summed E-state index contributed by atoms with van der Waals surface area (Å²) in [6, 6.07) is 14.8. The molecule has 2 heterocycles. The van der Waals surface area contributed by atoms with Gasteiger partial charge in [0.15, 0.2) is 9.50 Å². The van der Waals surface area contributed by atoms with Gasteiger partial charge >= 0.3 is 0 Å². The number of nitrogens with zero attached hydrogens (tertiary/aromatic N) is 5. The van der Waals surface area contributed by atoms with Crippen LogP contribution < -0.4 is 0 Å². The molecule has 0 aliphatic carbocycles. The van der Waals surface area contributed by atoms with Crippen molar-refractivity contribution in [3.05, 3.63) is 70.0 Å². The van der Waals surface area contributed by atoms with E-state index in [9.17, 15) is 10.1 Å². The Hall–Kier alpha value is -2.43. The Morgan fingerprint density at radius 3 is 2.76 bits per heavy atom. The largest absolute Gasteiger partial charge is 0.306 e. The van der Waals surface area contributed by atoms with Crippen molar-refractivity contribution in [2.75, 3.05) is 0 Å². The van der Waals surface area contributed by atoms with E-state index in [1.54, 1.807) is 35.2 Å². The van der Waals surface area contributed by atoms with E-state index in [0.717, 1.165) is 32.9 Å². The lowest BCUT2D eigenvalue weighted by Crippen LogP contribution is -2.02. The number of aromatic nitrogens is 4. The van der Waals surface area contributed by atoms with Gasteiger partial charge in [-0.2, -0.15) is 0 Å². The third kappa shape index (κ3) is 4.60. The van der Waals surface area contributed by atoms with Crippen molar-refractivity contribution in [2.24, 2.45) is 0 Å². The van der Waals surface area contributed by atoms with E-state index in [-0.39, 0.29) is 10.6 Å². The minimum absolute atomic E-state index is 0.105. The number of hydrogen-bond acceptors (Lipinski definition) is 8. The van der Waals surface area contributed by atoms with Gasteiger partial charge in [0.05, 0.1) is 20.9 Å². The molecule has 0 amide bonds. The highest BCUT2D eigenvalue weighted by Crippen LogP contribution is 2.32. The van der Waals surface area contributed by atoms with E-state index in [0.29, 0.717) is 11.5 Å². The number of non-ortho nitro benzene ring substituents is 1. The summed E-state index contributed by atoms with van der Waals surface area (Å²) in [5, 5.41) is 20.4. The molecule has 4 rings (SSSR count). The van der Waals surface area contributed by atoms with E-state index in [2.05, 4.69) is 32.7 Å². The Bertz CT molecular complexity index is 1120. The second-order valence-electron chi connectivity index (χ2n) is 6.09. The van der Waals surface area contributed by atoms with Crippen molar-refractivity contribution in [1.82, 2.24) is 19.7 Å². The second kappa shape index (κ2) is 8.93. The Balaban J connectivity index is 1.43. The summed E-state index contributed by atoms with van der Waals surface area (Å²) < 4.78 is 4.28. The molecule has 10 heteroatoms. The van der Waals surface area contributed by atoms with E-state index in [4.69, 9.17) is 0 Å². The normalized spacial score (nSPS) is 11.2. The van der Waals surface area contributed by atoms with Crippen LogP contribution in [0.1, 0.15) is 18.3 Å². The van der Waals surface area contributed by atoms with Gasteiger partial charge in [-0.05, 0) is 24.6 Å². The molecule has 2 aromatic carbocycles. The maximum Gasteiger partial charge on any atom is 0.269 e. The number of rotatable bonds is 8. The van der Waals surface area contributed by atoms with Gasteiger partial charge in [-0.3, -0.25) is 10.1 Å². The Morgan fingerprint density at radius 1 is 1.10 bits per heavy atom. The third-order valence-electron chi connectivity index (χ3n) is 4.20. The van der Waals surface area contributed by atoms with Gasteiger partial charge in [-0.25, -0.2) is 4.98 Å². The number of thiazole rings is 1. The van der Waals surface area contributed by atoms with E-state index in [1.807, 2.05) is 24.3 Å². The predicted octanol–water partition coefficient (Wildman–Crippen LogP) is 5.40. The molecule has 0 N–H and O–H groups in total. The molecule has 0 saturated heterocycles. The van der Waals surface area contributed by atoms with Crippen molar-refractivity contribution < 1.29 is 4.92 Å². The molecule has 2 aromatic heterocycles. The van der Waals surface area contributed by atoms with Crippen molar-refractivity contribution in [1.29, 1.82) is 0 Å². The van der Waals surface area contributed by atoms with Gasteiger partial charge in [0.2, 0.25) is 0 Å². The fourth-order valence-corrected chi connectivity index (χ4v) is 5.77. The molecule has 0 fully saturated rings. The standard InChI is InChI=1S/C19H17N5O2S3/c1-2-23-17(12-28-19-20-15-8-3-4-9-16(15)29-19)21-22-18(23)27-11-13-6-5-7-14(10-13)24(25)26/h3-10H,2,11-12H2,1H3. The lowest BCUT2D eigenvalue weighted by molar-refractivity contribution is -0.384. The number of para-hydroxylation sites is 1. The number of thioether (sulfide) groups is 2. The first-order chi connectivity index (χ1) is 14.1. The molecule has 0 spiro atoms. The highest BCUT2D eigenvalue weighted by atomic mass is 32.2. The summed E-state index contributed by atoms with van der Waals surface area (Å²) in [6.45, 7) is 2.83. The first-order valence-corrected chi connectivity index (χ1v) is 11.7. The summed E-state index contributed by atoms with van der Waals surface area (Å²) >= 11 is 4.88. The van der Waals surface area contributed by atoms with Crippen LogP contribution in [0.25, 0.3) is 10.2 Å². The zero-order valence-corrected chi connectivity index (χ0v) is 18.0. The molecule has 0 aliphatic heterocycles. The Labute approximate surface area is 179 Å². The van der Waals surface area contributed by atoms with Crippen LogP contribution in [0.5, 0.6) is 0 Å². The number of nitro benzene ring substituents is 1. The maximum absolute atomic E-state index is 10.9. The Kier molecular flexibility index (Phi) is 6.12. The summed E-state index contributed by atoms with van der Waals surface area (Å²) in [5.74, 6) is 2.20. The van der Waals surface area contributed by atoms with Gasteiger partial charge in [0, 0.05) is 24.4 Å². The molecule has 0 unspecified atom stereocenters. The number of nitro groups is 1. The minimum atomic E-state index is -0.375. The molecule has 148 valence electrons. The van der Waals surface area contributed by atoms with Crippen LogP contribution in [0.15, 0.2) is 58.0 Å². The summed E-state index contributed by atoms with van der Waals surface area (Å²) in [5.41, 5.74) is 2.01. The van der Waals surface area contributed by atoms with Gasteiger partial charge in [-0.1, -0.05) is 47.8 Å². The molecule has 0 bridgehead atoms. The molecule has 0 saturated carbocycles. The maximum atomic E-state index is 10.9. The molecule has 29 heavy (non-hydrogen) atoms. The SMILES string of the molecule is CCn1c(CSc2nc3ccccc3s2)nnc1SCc1cccc([N+](=O)[O-])c1. The minimum Gasteiger partial charge on any atom is -0.306 e. The van der Waals surface area contributed by atoms with Crippen LogP contribution in [0.2, 0.25) is 0 Å². The molecular formula is C19H17N5O2S3. The van der Waals surface area contributed by atoms with Crippen molar-refractivity contribution in [2.45, 2.75) is 34.5 Å². The smallest absolute Gasteiger partial charge is 0.269 e. The molecule has 0 atom stereocenters. The Morgan fingerprint density at radius 2 is 1.97 bits per heavy atom. The van der Waals surface area contributed by atoms with E-state index >= 15 is 0 Å². The molecular weight excluding hydrogens is 426 g/mol. The van der Waals surface area contributed by atoms with E-state index in [1.165, 1.54) is 22.5 Å².